The highest BCUT2D eigenvalue weighted by Crippen LogP contribution is 2.00. The fraction of sp³-hybridized carbons (Fsp3) is 0.889. The topological polar surface area (TPSA) is 46.3 Å². The Hall–Kier alpha value is -0.570. The van der Waals surface area contributed by atoms with E-state index in [1.165, 1.54) is 0 Å². The summed E-state index contributed by atoms with van der Waals surface area (Å²) < 4.78 is 0. The number of nitrogens with two attached hydrogens (primary N) is 1. The molecular weight excluding hydrogens is 152 g/mol. The summed E-state index contributed by atoms with van der Waals surface area (Å²) in [6.07, 6.45) is 0. The molecule has 2 N–H and O–H groups in total. The lowest BCUT2D eigenvalue weighted by Gasteiger charge is -2.24. The summed E-state index contributed by atoms with van der Waals surface area (Å²) in [5.41, 5.74) is 5.50. The molecule has 0 aliphatic carbocycles. The average Bonchev–Trinajstić information content (AvgIpc) is 1.98. The molecule has 0 spiro atoms. The lowest BCUT2D eigenvalue weighted by atomic mass is 10.2. The van der Waals surface area contributed by atoms with Gasteiger partial charge in [0.05, 0.1) is 6.04 Å². The van der Waals surface area contributed by atoms with Gasteiger partial charge in [0.1, 0.15) is 0 Å². The summed E-state index contributed by atoms with van der Waals surface area (Å²) in [6, 6.07) is -0.372. The second-order valence-corrected chi connectivity index (χ2v) is 3.56. The Morgan fingerprint density at radius 3 is 2.17 bits per heavy atom. The maximum Gasteiger partial charge on any atom is 0.239 e. The van der Waals surface area contributed by atoms with Gasteiger partial charge in [-0.1, -0.05) is 13.8 Å². The Kier molecular flexibility index (Phi) is 4.90. The summed E-state index contributed by atoms with van der Waals surface area (Å²) in [7, 11) is 0. The van der Waals surface area contributed by atoms with Gasteiger partial charge in [0.15, 0.2) is 0 Å². The summed E-state index contributed by atoms with van der Waals surface area (Å²) in [5.74, 6) is 0.554. The number of nitrogens with zero attached hydrogens (tertiary/aromatic N) is 1. The summed E-state index contributed by atoms with van der Waals surface area (Å²) >= 11 is 0. The minimum atomic E-state index is -0.372. The molecule has 0 aromatic heterocycles. The molecule has 0 fully saturated rings. The average molecular weight is 172 g/mol. The van der Waals surface area contributed by atoms with Gasteiger partial charge in [-0.2, -0.15) is 0 Å². The van der Waals surface area contributed by atoms with Crippen LogP contribution in [-0.4, -0.2) is 29.9 Å². The first-order valence-corrected chi connectivity index (χ1v) is 4.53. The molecule has 0 bridgehead atoms. The third kappa shape index (κ3) is 3.72. The minimum Gasteiger partial charge on any atom is -0.341 e. The van der Waals surface area contributed by atoms with E-state index in [-0.39, 0.29) is 11.9 Å². The predicted octanol–water partition coefficient (Wildman–Crippen LogP) is 0.838. The van der Waals surface area contributed by atoms with E-state index in [0.29, 0.717) is 5.92 Å². The smallest absolute Gasteiger partial charge is 0.239 e. The van der Waals surface area contributed by atoms with Crippen LogP contribution >= 0.6 is 0 Å². The Morgan fingerprint density at radius 2 is 1.92 bits per heavy atom. The van der Waals surface area contributed by atoms with Crippen LogP contribution in [0.1, 0.15) is 27.7 Å². The zero-order valence-corrected chi connectivity index (χ0v) is 8.50. The second-order valence-electron chi connectivity index (χ2n) is 3.56. The molecule has 0 unspecified atom stereocenters. The Bertz CT molecular complexity index is 143. The van der Waals surface area contributed by atoms with E-state index in [1.807, 2.05) is 6.92 Å². The van der Waals surface area contributed by atoms with Crippen LogP contribution in [0.4, 0.5) is 0 Å². The lowest BCUT2D eigenvalue weighted by Crippen LogP contribution is -2.43. The van der Waals surface area contributed by atoms with Crippen molar-refractivity contribution in [3.63, 3.8) is 0 Å². The van der Waals surface area contributed by atoms with Crippen molar-refractivity contribution in [3.05, 3.63) is 0 Å². The van der Waals surface area contributed by atoms with E-state index >= 15 is 0 Å². The van der Waals surface area contributed by atoms with Gasteiger partial charge >= 0.3 is 0 Å². The van der Waals surface area contributed by atoms with Crippen molar-refractivity contribution in [1.82, 2.24) is 4.90 Å². The molecule has 1 atom stereocenters. The Morgan fingerprint density at radius 1 is 1.42 bits per heavy atom. The highest BCUT2D eigenvalue weighted by Gasteiger charge is 2.15. The highest BCUT2D eigenvalue weighted by atomic mass is 16.2. The first kappa shape index (κ1) is 11.4. The third-order valence-corrected chi connectivity index (χ3v) is 1.67. The van der Waals surface area contributed by atoms with E-state index < -0.39 is 0 Å². The number of hydrogen-bond donors (Lipinski definition) is 1. The summed E-state index contributed by atoms with van der Waals surface area (Å²) in [5, 5.41) is 0. The Labute approximate surface area is 74.9 Å². The fourth-order valence-electron chi connectivity index (χ4n) is 1.10. The zero-order chi connectivity index (χ0) is 9.72. The maximum atomic E-state index is 11.4. The van der Waals surface area contributed by atoms with Crippen molar-refractivity contribution in [2.75, 3.05) is 13.1 Å². The van der Waals surface area contributed by atoms with E-state index in [1.54, 1.807) is 11.8 Å². The molecule has 0 aromatic rings. The molecule has 0 heterocycles. The molecule has 0 saturated heterocycles. The molecule has 0 aliphatic heterocycles. The number of hydrogen-bond acceptors (Lipinski definition) is 2. The number of carbonyl (C=O) groups is 1. The molecule has 0 saturated carbocycles. The minimum absolute atomic E-state index is 0.0474. The van der Waals surface area contributed by atoms with Crippen LogP contribution in [0.15, 0.2) is 0 Å². The van der Waals surface area contributed by atoms with Crippen LogP contribution in [-0.2, 0) is 4.79 Å². The fourth-order valence-corrected chi connectivity index (χ4v) is 1.10. The van der Waals surface area contributed by atoms with Gasteiger partial charge in [-0.05, 0) is 19.8 Å². The van der Waals surface area contributed by atoms with E-state index in [2.05, 4.69) is 13.8 Å². The van der Waals surface area contributed by atoms with Gasteiger partial charge in [-0.3, -0.25) is 4.79 Å². The van der Waals surface area contributed by atoms with Crippen molar-refractivity contribution in [1.29, 1.82) is 0 Å². The monoisotopic (exact) mass is 172 g/mol. The molecular formula is C9H20N2O. The molecule has 1 amide bonds. The largest absolute Gasteiger partial charge is 0.341 e. The second kappa shape index (κ2) is 5.14. The van der Waals surface area contributed by atoms with E-state index in [0.717, 1.165) is 13.1 Å². The molecule has 72 valence electrons. The van der Waals surface area contributed by atoms with Crippen LogP contribution in [0.3, 0.4) is 0 Å². The molecule has 3 heteroatoms. The Balaban J connectivity index is 4.06. The molecule has 0 rings (SSSR count). The maximum absolute atomic E-state index is 11.4. The number of rotatable bonds is 4. The predicted molar refractivity (Wildman–Crippen MR) is 50.7 cm³/mol. The molecule has 3 nitrogen and oxygen atoms in total. The standard InChI is InChI=1S/C9H20N2O/c1-5-11(6-7(2)3)9(12)8(4)10/h7-8H,5-6,10H2,1-4H3/t8-/m0/s1. The normalized spacial score (nSPS) is 13.2. The molecule has 0 radical (unpaired) electrons. The number of likely N-dealkylation sites (N-methyl/N-ethyl adjacent to an activating group) is 1. The van der Waals surface area contributed by atoms with Gasteiger partial charge in [-0.15, -0.1) is 0 Å². The van der Waals surface area contributed by atoms with Gasteiger partial charge in [0.2, 0.25) is 5.91 Å². The van der Waals surface area contributed by atoms with Crippen molar-refractivity contribution < 1.29 is 4.79 Å². The lowest BCUT2D eigenvalue weighted by molar-refractivity contribution is -0.132. The number of amides is 1. The zero-order valence-electron chi connectivity index (χ0n) is 8.50. The summed E-state index contributed by atoms with van der Waals surface area (Å²) in [6.45, 7) is 9.44. The van der Waals surface area contributed by atoms with E-state index in [4.69, 9.17) is 5.73 Å². The van der Waals surface area contributed by atoms with Crippen molar-refractivity contribution in [2.24, 2.45) is 11.7 Å². The third-order valence-electron chi connectivity index (χ3n) is 1.67. The highest BCUT2D eigenvalue weighted by molar-refractivity contribution is 5.81. The molecule has 0 aliphatic rings. The van der Waals surface area contributed by atoms with E-state index in [9.17, 15) is 4.79 Å². The SMILES string of the molecule is CCN(CC(C)C)C(=O)[C@H](C)N. The molecule has 0 aromatic carbocycles. The van der Waals surface area contributed by atoms with Crippen molar-refractivity contribution in [2.45, 2.75) is 33.7 Å². The van der Waals surface area contributed by atoms with Crippen LogP contribution in [0.5, 0.6) is 0 Å². The molecule has 12 heavy (non-hydrogen) atoms. The quantitative estimate of drug-likeness (QED) is 0.683. The van der Waals surface area contributed by atoms with Crippen LogP contribution in [0.25, 0.3) is 0 Å². The van der Waals surface area contributed by atoms with Crippen LogP contribution in [0, 0.1) is 5.92 Å². The van der Waals surface area contributed by atoms with Crippen LogP contribution < -0.4 is 5.73 Å². The van der Waals surface area contributed by atoms with Crippen molar-refractivity contribution in [3.8, 4) is 0 Å². The van der Waals surface area contributed by atoms with Gasteiger partial charge in [0, 0.05) is 13.1 Å². The van der Waals surface area contributed by atoms with Crippen molar-refractivity contribution >= 4 is 5.91 Å². The first-order valence-electron chi connectivity index (χ1n) is 4.53. The number of carbonyl (C=O) groups excluding carboxylic acids is 1. The summed E-state index contributed by atoms with van der Waals surface area (Å²) in [4.78, 5) is 13.2. The van der Waals surface area contributed by atoms with Gasteiger partial charge in [-0.25, -0.2) is 0 Å². The van der Waals surface area contributed by atoms with Crippen LogP contribution in [0.2, 0.25) is 0 Å². The van der Waals surface area contributed by atoms with Gasteiger partial charge in [0.25, 0.3) is 0 Å². The first-order chi connectivity index (χ1) is 5.49. The van der Waals surface area contributed by atoms with Gasteiger partial charge < -0.3 is 10.6 Å².